The SMILES string of the molecule is O=C(Nc1ccccc1)c1nn(-c2ccccc2)nc1Cc1cccc(O)c1. The van der Waals surface area contributed by atoms with E-state index in [2.05, 4.69) is 15.5 Å². The van der Waals surface area contributed by atoms with Gasteiger partial charge in [-0.2, -0.15) is 9.90 Å². The number of aromatic nitrogens is 3. The average molecular weight is 370 g/mol. The van der Waals surface area contributed by atoms with Crippen molar-refractivity contribution in [3.63, 3.8) is 0 Å². The highest BCUT2D eigenvalue weighted by atomic mass is 16.3. The number of hydrogen-bond donors (Lipinski definition) is 2. The van der Waals surface area contributed by atoms with E-state index in [1.807, 2.05) is 66.7 Å². The standard InChI is InChI=1S/C22H18N4O2/c27-19-13-7-8-16(14-19)15-20-21(22(28)23-17-9-3-1-4-10-17)25-26(24-20)18-11-5-2-6-12-18/h1-14,27H,15H2,(H,23,28). The minimum absolute atomic E-state index is 0.170. The maximum atomic E-state index is 12.9. The molecule has 0 aliphatic heterocycles. The number of amides is 1. The third-order valence-corrected chi connectivity index (χ3v) is 4.20. The fourth-order valence-corrected chi connectivity index (χ4v) is 2.88. The summed E-state index contributed by atoms with van der Waals surface area (Å²) in [6, 6.07) is 25.5. The molecule has 28 heavy (non-hydrogen) atoms. The van der Waals surface area contributed by atoms with Crippen LogP contribution in [0.2, 0.25) is 0 Å². The van der Waals surface area contributed by atoms with E-state index in [9.17, 15) is 9.90 Å². The van der Waals surface area contributed by atoms with Gasteiger partial charge in [-0.05, 0) is 42.0 Å². The second kappa shape index (κ2) is 7.75. The Hall–Kier alpha value is -3.93. The van der Waals surface area contributed by atoms with Crippen LogP contribution in [0.15, 0.2) is 84.9 Å². The molecule has 3 aromatic carbocycles. The van der Waals surface area contributed by atoms with E-state index in [0.717, 1.165) is 11.3 Å². The van der Waals surface area contributed by atoms with Gasteiger partial charge in [0.05, 0.1) is 5.69 Å². The van der Waals surface area contributed by atoms with Gasteiger partial charge in [0.2, 0.25) is 0 Å². The van der Waals surface area contributed by atoms with Gasteiger partial charge < -0.3 is 10.4 Å². The van der Waals surface area contributed by atoms with Crippen molar-refractivity contribution in [3.05, 3.63) is 102 Å². The fraction of sp³-hybridized carbons (Fsp3) is 0.0455. The van der Waals surface area contributed by atoms with Gasteiger partial charge in [-0.1, -0.05) is 48.5 Å². The van der Waals surface area contributed by atoms with Crippen molar-refractivity contribution in [2.45, 2.75) is 6.42 Å². The Labute approximate surface area is 162 Å². The quantitative estimate of drug-likeness (QED) is 0.560. The van der Waals surface area contributed by atoms with Crippen LogP contribution in [0.1, 0.15) is 21.7 Å². The summed E-state index contributed by atoms with van der Waals surface area (Å²) in [5, 5.41) is 21.5. The summed E-state index contributed by atoms with van der Waals surface area (Å²) >= 11 is 0. The van der Waals surface area contributed by atoms with E-state index in [-0.39, 0.29) is 17.4 Å². The minimum atomic E-state index is -0.330. The molecule has 138 valence electrons. The van der Waals surface area contributed by atoms with E-state index in [1.54, 1.807) is 18.2 Å². The molecule has 1 aromatic heterocycles. The number of phenolic OH excluding ortho intramolecular Hbond substituents is 1. The Bertz CT molecular complexity index is 1090. The summed E-state index contributed by atoms with van der Waals surface area (Å²) < 4.78 is 0. The zero-order valence-electron chi connectivity index (χ0n) is 15.0. The van der Waals surface area contributed by atoms with Crippen molar-refractivity contribution in [3.8, 4) is 11.4 Å². The molecule has 0 aliphatic carbocycles. The molecule has 4 rings (SSSR count). The minimum Gasteiger partial charge on any atom is -0.508 e. The Morgan fingerprint density at radius 2 is 1.61 bits per heavy atom. The summed E-state index contributed by atoms with van der Waals surface area (Å²) in [5.74, 6) is -0.160. The zero-order valence-corrected chi connectivity index (χ0v) is 15.0. The highest BCUT2D eigenvalue weighted by Gasteiger charge is 2.20. The normalized spacial score (nSPS) is 10.6. The van der Waals surface area contributed by atoms with Crippen molar-refractivity contribution >= 4 is 11.6 Å². The van der Waals surface area contributed by atoms with Crippen LogP contribution in [0.5, 0.6) is 5.75 Å². The molecular formula is C22H18N4O2. The molecule has 6 heteroatoms. The van der Waals surface area contributed by atoms with Gasteiger partial charge in [-0.25, -0.2) is 0 Å². The van der Waals surface area contributed by atoms with Crippen LogP contribution in [0.25, 0.3) is 5.69 Å². The van der Waals surface area contributed by atoms with Gasteiger partial charge in [-0.15, -0.1) is 5.10 Å². The lowest BCUT2D eigenvalue weighted by Gasteiger charge is -2.04. The largest absolute Gasteiger partial charge is 0.508 e. The molecule has 0 atom stereocenters. The lowest BCUT2D eigenvalue weighted by atomic mass is 10.1. The third-order valence-electron chi connectivity index (χ3n) is 4.20. The fourth-order valence-electron chi connectivity index (χ4n) is 2.88. The Morgan fingerprint density at radius 1 is 0.893 bits per heavy atom. The molecule has 0 fully saturated rings. The molecule has 0 radical (unpaired) electrons. The van der Waals surface area contributed by atoms with Crippen molar-refractivity contribution < 1.29 is 9.90 Å². The van der Waals surface area contributed by atoms with E-state index >= 15 is 0 Å². The Morgan fingerprint density at radius 3 is 2.32 bits per heavy atom. The van der Waals surface area contributed by atoms with Crippen LogP contribution in [-0.2, 0) is 6.42 Å². The number of hydrogen-bond acceptors (Lipinski definition) is 4. The monoisotopic (exact) mass is 370 g/mol. The van der Waals surface area contributed by atoms with Crippen molar-refractivity contribution in [1.82, 2.24) is 15.0 Å². The molecule has 0 bridgehead atoms. The Balaban J connectivity index is 1.70. The number of nitrogens with zero attached hydrogens (tertiary/aromatic N) is 3. The first kappa shape index (κ1) is 17.5. The maximum Gasteiger partial charge on any atom is 0.278 e. The van der Waals surface area contributed by atoms with E-state index < -0.39 is 0 Å². The molecule has 0 unspecified atom stereocenters. The molecule has 2 N–H and O–H groups in total. The van der Waals surface area contributed by atoms with E-state index in [0.29, 0.717) is 17.8 Å². The number of nitrogens with one attached hydrogen (secondary N) is 1. The number of phenols is 1. The number of carbonyl (C=O) groups excluding carboxylic acids is 1. The van der Waals surface area contributed by atoms with Gasteiger partial charge >= 0.3 is 0 Å². The second-order valence-electron chi connectivity index (χ2n) is 6.29. The number of anilines is 1. The molecule has 0 saturated heterocycles. The van der Waals surface area contributed by atoms with Crippen molar-refractivity contribution in [1.29, 1.82) is 0 Å². The number of para-hydroxylation sites is 2. The van der Waals surface area contributed by atoms with Gasteiger partial charge in [0, 0.05) is 12.1 Å². The van der Waals surface area contributed by atoms with Crippen molar-refractivity contribution in [2.24, 2.45) is 0 Å². The number of carbonyl (C=O) groups is 1. The smallest absolute Gasteiger partial charge is 0.278 e. The van der Waals surface area contributed by atoms with Crippen LogP contribution >= 0.6 is 0 Å². The van der Waals surface area contributed by atoms with Gasteiger partial charge in [0.1, 0.15) is 11.4 Å². The molecule has 0 aliphatic rings. The van der Waals surface area contributed by atoms with Gasteiger partial charge in [0.15, 0.2) is 5.69 Å². The molecule has 0 spiro atoms. The molecule has 4 aromatic rings. The summed E-state index contributed by atoms with van der Waals surface area (Å²) in [4.78, 5) is 14.3. The summed E-state index contributed by atoms with van der Waals surface area (Å²) in [7, 11) is 0. The molecule has 0 saturated carbocycles. The molecule has 1 amide bonds. The number of benzene rings is 3. The highest BCUT2D eigenvalue weighted by molar-refractivity contribution is 6.03. The van der Waals surface area contributed by atoms with Crippen molar-refractivity contribution in [2.75, 3.05) is 5.32 Å². The zero-order chi connectivity index (χ0) is 19.3. The lowest BCUT2D eigenvalue weighted by molar-refractivity contribution is 0.102. The van der Waals surface area contributed by atoms with E-state index in [1.165, 1.54) is 4.80 Å². The number of aromatic hydroxyl groups is 1. The second-order valence-corrected chi connectivity index (χ2v) is 6.29. The van der Waals surface area contributed by atoms with Gasteiger partial charge in [-0.3, -0.25) is 4.79 Å². The van der Waals surface area contributed by atoms with Crippen LogP contribution in [0.4, 0.5) is 5.69 Å². The van der Waals surface area contributed by atoms with Crippen LogP contribution in [0.3, 0.4) is 0 Å². The first-order valence-corrected chi connectivity index (χ1v) is 8.85. The first-order valence-electron chi connectivity index (χ1n) is 8.85. The van der Waals surface area contributed by atoms with Crippen LogP contribution in [-0.4, -0.2) is 26.0 Å². The predicted octanol–water partition coefficient (Wildman–Crippen LogP) is 3.82. The lowest BCUT2D eigenvalue weighted by Crippen LogP contribution is -2.15. The maximum absolute atomic E-state index is 12.9. The predicted molar refractivity (Wildman–Crippen MR) is 107 cm³/mol. The van der Waals surface area contributed by atoms with Crippen LogP contribution < -0.4 is 5.32 Å². The van der Waals surface area contributed by atoms with Crippen LogP contribution in [0, 0.1) is 0 Å². The average Bonchev–Trinajstić information content (AvgIpc) is 3.13. The molecule has 6 nitrogen and oxygen atoms in total. The molecular weight excluding hydrogens is 352 g/mol. The molecule has 1 heterocycles. The summed E-state index contributed by atoms with van der Waals surface area (Å²) in [6.07, 6.45) is 0.374. The topological polar surface area (TPSA) is 80.0 Å². The third kappa shape index (κ3) is 3.91. The summed E-state index contributed by atoms with van der Waals surface area (Å²) in [6.45, 7) is 0. The number of rotatable bonds is 5. The Kier molecular flexibility index (Phi) is 4.84. The van der Waals surface area contributed by atoms with E-state index in [4.69, 9.17) is 0 Å². The van der Waals surface area contributed by atoms with Gasteiger partial charge in [0.25, 0.3) is 5.91 Å². The highest BCUT2D eigenvalue weighted by Crippen LogP contribution is 2.18. The first-order chi connectivity index (χ1) is 13.7. The summed E-state index contributed by atoms with van der Waals surface area (Å²) in [5.41, 5.74) is 3.07.